The first-order valence-electron chi connectivity index (χ1n) is 6.59. The van der Waals surface area contributed by atoms with Gasteiger partial charge in [0.25, 0.3) is 0 Å². The van der Waals surface area contributed by atoms with Crippen LogP contribution in [0, 0.1) is 0 Å². The largest absolute Gasteiger partial charge is 0.385 e. The maximum atomic E-state index is 11.7. The molecule has 1 atom stereocenters. The number of hydrogen-bond acceptors (Lipinski definition) is 4. The van der Waals surface area contributed by atoms with Crippen molar-refractivity contribution in [2.45, 2.75) is 52.1 Å². The highest BCUT2D eigenvalue weighted by Gasteiger charge is 2.13. The van der Waals surface area contributed by atoms with Crippen LogP contribution in [-0.4, -0.2) is 46.5 Å². The van der Waals surface area contributed by atoms with Crippen LogP contribution in [0.3, 0.4) is 0 Å². The van der Waals surface area contributed by atoms with Crippen LogP contribution in [0.5, 0.6) is 0 Å². The zero-order chi connectivity index (χ0) is 14.0. The highest BCUT2D eigenvalue weighted by molar-refractivity contribution is 7.89. The predicted molar refractivity (Wildman–Crippen MR) is 75.3 cm³/mol. The first-order chi connectivity index (χ1) is 8.37. The molecule has 0 spiro atoms. The molecule has 5 nitrogen and oxygen atoms in total. The van der Waals surface area contributed by atoms with Gasteiger partial charge in [0.15, 0.2) is 0 Å². The van der Waals surface area contributed by atoms with Gasteiger partial charge in [-0.1, -0.05) is 13.8 Å². The Morgan fingerprint density at radius 2 is 1.83 bits per heavy atom. The third-order valence-corrected chi connectivity index (χ3v) is 4.12. The van der Waals surface area contributed by atoms with E-state index >= 15 is 0 Å². The van der Waals surface area contributed by atoms with E-state index in [1.807, 2.05) is 6.92 Å². The molecule has 0 saturated heterocycles. The zero-order valence-corrected chi connectivity index (χ0v) is 12.8. The molecule has 2 N–H and O–H groups in total. The van der Waals surface area contributed by atoms with Crippen LogP contribution in [0.15, 0.2) is 0 Å². The number of sulfonamides is 1. The van der Waals surface area contributed by atoms with Crippen LogP contribution in [0.2, 0.25) is 0 Å². The third-order valence-electron chi connectivity index (χ3n) is 2.53. The molecular formula is C12H28N2O3S. The number of rotatable bonds is 11. The molecule has 0 radical (unpaired) electrons. The summed E-state index contributed by atoms with van der Waals surface area (Å²) in [4.78, 5) is 0. The van der Waals surface area contributed by atoms with Crippen LogP contribution in [0.4, 0.5) is 0 Å². The molecule has 0 bridgehead atoms. The Hall–Kier alpha value is -0.170. The molecule has 0 aromatic carbocycles. The van der Waals surface area contributed by atoms with Gasteiger partial charge in [-0.3, -0.25) is 0 Å². The molecule has 0 heterocycles. The summed E-state index contributed by atoms with van der Waals surface area (Å²) in [5, 5.41) is 3.27. The van der Waals surface area contributed by atoms with Gasteiger partial charge in [-0.15, -0.1) is 0 Å². The molecule has 0 saturated carbocycles. The fraction of sp³-hybridized carbons (Fsp3) is 1.00. The predicted octanol–water partition coefficient (Wildman–Crippen LogP) is 1.11. The molecule has 6 heteroatoms. The zero-order valence-electron chi connectivity index (χ0n) is 12.0. The molecule has 0 aromatic rings. The highest BCUT2D eigenvalue weighted by Crippen LogP contribution is 1.99. The van der Waals surface area contributed by atoms with E-state index in [1.54, 1.807) is 7.11 Å². The summed E-state index contributed by atoms with van der Waals surface area (Å²) in [6.07, 6.45) is 2.27. The fourth-order valence-corrected chi connectivity index (χ4v) is 2.96. The summed E-state index contributed by atoms with van der Waals surface area (Å²) in [5.74, 6) is 0.199. The first kappa shape index (κ1) is 17.8. The lowest BCUT2D eigenvalue weighted by atomic mass is 10.3. The van der Waals surface area contributed by atoms with Gasteiger partial charge in [-0.05, 0) is 32.7 Å². The second kappa shape index (κ2) is 9.72. The van der Waals surface area contributed by atoms with Gasteiger partial charge in [-0.25, -0.2) is 13.1 Å². The molecule has 0 fully saturated rings. The van der Waals surface area contributed by atoms with Crippen molar-refractivity contribution in [3.05, 3.63) is 0 Å². The van der Waals surface area contributed by atoms with Gasteiger partial charge in [0.2, 0.25) is 10.0 Å². The summed E-state index contributed by atoms with van der Waals surface area (Å²) in [6, 6.07) is 0.387. The van der Waals surface area contributed by atoms with Gasteiger partial charge in [0.1, 0.15) is 0 Å². The maximum absolute atomic E-state index is 11.7. The first-order valence-corrected chi connectivity index (χ1v) is 8.25. The summed E-state index contributed by atoms with van der Waals surface area (Å²) in [7, 11) is -1.53. The average molecular weight is 280 g/mol. The molecule has 0 rings (SSSR count). The summed E-state index contributed by atoms with van der Waals surface area (Å²) < 4.78 is 31.0. The quantitative estimate of drug-likeness (QED) is 0.556. The lowest BCUT2D eigenvalue weighted by Crippen LogP contribution is -2.35. The molecule has 110 valence electrons. The fourth-order valence-electron chi connectivity index (χ4n) is 1.53. The molecule has 0 amide bonds. The Labute approximate surface area is 112 Å². The van der Waals surface area contributed by atoms with Crippen molar-refractivity contribution in [2.75, 3.05) is 26.0 Å². The smallest absolute Gasteiger partial charge is 0.211 e. The van der Waals surface area contributed by atoms with Crippen LogP contribution in [-0.2, 0) is 14.8 Å². The molecule has 0 aliphatic heterocycles. The van der Waals surface area contributed by atoms with E-state index in [4.69, 9.17) is 4.74 Å². The Kier molecular flexibility index (Phi) is 9.63. The van der Waals surface area contributed by atoms with E-state index < -0.39 is 10.0 Å². The van der Waals surface area contributed by atoms with Crippen molar-refractivity contribution in [1.82, 2.24) is 10.0 Å². The SMILES string of the molecule is COCCC(C)NS(=O)(=O)CCCCNC(C)C. The van der Waals surface area contributed by atoms with Crippen LogP contribution >= 0.6 is 0 Å². The second-order valence-electron chi connectivity index (χ2n) is 4.94. The molecule has 0 aliphatic rings. The molecule has 1 unspecified atom stereocenters. The molecule has 0 aliphatic carbocycles. The molecule has 18 heavy (non-hydrogen) atoms. The Morgan fingerprint density at radius 1 is 1.17 bits per heavy atom. The number of nitrogens with one attached hydrogen (secondary N) is 2. The maximum Gasteiger partial charge on any atom is 0.211 e. The van der Waals surface area contributed by atoms with Crippen molar-refractivity contribution >= 4 is 10.0 Å². The van der Waals surface area contributed by atoms with Crippen molar-refractivity contribution in [1.29, 1.82) is 0 Å². The number of hydrogen-bond donors (Lipinski definition) is 2. The van der Waals surface area contributed by atoms with Crippen molar-refractivity contribution in [2.24, 2.45) is 0 Å². The van der Waals surface area contributed by atoms with E-state index in [9.17, 15) is 8.42 Å². The highest BCUT2D eigenvalue weighted by atomic mass is 32.2. The summed E-state index contributed by atoms with van der Waals surface area (Å²) in [5.41, 5.74) is 0. The monoisotopic (exact) mass is 280 g/mol. The van der Waals surface area contributed by atoms with Gasteiger partial charge >= 0.3 is 0 Å². The van der Waals surface area contributed by atoms with E-state index in [0.717, 1.165) is 13.0 Å². The van der Waals surface area contributed by atoms with E-state index in [1.165, 1.54) is 0 Å². The summed E-state index contributed by atoms with van der Waals surface area (Å²) in [6.45, 7) is 7.46. The lowest BCUT2D eigenvalue weighted by Gasteiger charge is -2.14. The van der Waals surface area contributed by atoms with Gasteiger partial charge in [0.05, 0.1) is 5.75 Å². The minimum Gasteiger partial charge on any atom is -0.385 e. The number of ether oxygens (including phenoxy) is 1. The second-order valence-corrected chi connectivity index (χ2v) is 6.81. The normalized spacial score (nSPS) is 14.1. The molecular weight excluding hydrogens is 252 g/mol. The molecule has 0 aromatic heterocycles. The van der Waals surface area contributed by atoms with Crippen LogP contribution < -0.4 is 10.0 Å². The van der Waals surface area contributed by atoms with E-state index in [2.05, 4.69) is 23.9 Å². The third kappa shape index (κ3) is 11.0. The van der Waals surface area contributed by atoms with Crippen molar-refractivity contribution in [3.8, 4) is 0 Å². The standard InChI is InChI=1S/C12H28N2O3S/c1-11(2)13-8-5-6-10-18(15,16)14-12(3)7-9-17-4/h11-14H,5-10H2,1-4H3. The van der Waals surface area contributed by atoms with Gasteiger partial charge < -0.3 is 10.1 Å². The van der Waals surface area contributed by atoms with Crippen LogP contribution in [0.25, 0.3) is 0 Å². The lowest BCUT2D eigenvalue weighted by molar-refractivity contribution is 0.188. The topological polar surface area (TPSA) is 67.4 Å². The Balaban J connectivity index is 3.73. The van der Waals surface area contributed by atoms with E-state index in [-0.39, 0.29) is 11.8 Å². The van der Waals surface area contributed by atoms with Crippen LogP contribution in [0.1, 0.15) is 40.0 Å². The summed E-state index contributed by atoms with van der Waals surface area (Å²) >= 11 is 0. The van der Waals surface area contributed by atoms with Gasteiger partial charge in [-0.2, -0.15) is 0 Å². The number of unbranched alkanes of at least 4 members (excludes halogenated alkanes) is 1. The van der Waals surface area contributed by atoms with E-state index in [0.29, 0.717) is 25.5 Å². The Morgan fingerprint density at radius 3 is 2.39 bits per heavy atom. The minimum atomic E-state index is -3.15. The van der Waals surface area contributed by atoms with Crippen molar-refractivity contribution < 1.29 is 13.2 Å². The Bertz CT molecular complexity index is 292. The number of methoxy groups -OCH3 is 1. The average Bonchev–Trinajstić information content (AvgIpc) is 2.24. The van der Waals surface area contributed by atoms with Gasteiger partial charge in [0, 0.05) is 25.8 Å². The minimum absolute atomic E-state index is 0.0660. The van der Waals surface area contributed by atoms with Crippen molar-refractivity contribution in [3.63, 3.8) is 0 Å².